The Bertz CT molecular complexity index is 783. The second-order valence-electron chi connectivity index (χ2n) is 5.50. The Morgan fingerprint density at radius 3 is 2.43 bits per heavy atom. The summed E-state index contributed by atoms with van der Waals surface area (Å²) in [7, 11) is 0. The molecule has 5 heteroatoms. The molecule has 0 saturated heterocycles. The third kappa shape index (κ3) is 2.52. The van der Waals surface area contributed by atoms with Crippen LogP contribution in [0.15, 0.2) is 24.3 Å². The second-order valence-corrected chi connectivity index (χ2v) is 5.50. The number of imide groups is 1. The van der Waals surface area contributed by atoms with Gasteiger partial charge in [0, 0.05) is 11.9 Å². The van der Waals surface area contributed by atoms with Crippen LogP contribution in [-0.2, 0) is 0 Å². The molecule has 2 N–H and O–H groups in total. The van der Waals surface area contributed by atoms with Gasteiger partial charge in [-0.3, -0.25) is 14.9 Å². The highest BCUT2D eigenvalue weighted by Gasteiger charge is 2.34. The number of fused-ring (bicyclic) bond motifs is 3. The Morgan fingerprint density at radius 1 is 1.04 bits per heavy atom. The van der Waals surface area contributed by atoms with Crippen LogP contribution in [0.4, 0.5) is 5.69 Å². The van der Waals surface area contributed by atoms with E-state index in [1.165, 1.54) is 0 Å². The fourth-order valence-electron chi connectivity index (χ4n) is 2.95. The molecule has 0 spiro atoms. The lowest BCUT2D eigenvalue weighted by Crippen LogP contribution is -2.20. The first kappa shape index (κ1) is 15.3. The fourth-order valence-corrected chi connectivity index (χ4v) is 2.95. The van der Waals surface area contributed by atoms with E-state index in [0.717, 1.165) is 30.2 Å². The number of unbranched alkanes of at least 4 members (excludes halogenated alkanes) is 1. The summed E-state index contributed by atoms with van der Waals surface area (Å²) in [5.41, 5.74) is 1.46. The number of carbonyl (C=O) groups excluding carboxylic acids is 2. The third-order valence-electron chi connectivity index (χ3n) is 3.97. The predicted octanol–water partition coefficient (Wildman–Crippen LogP) is 3.33. The van der Waals surface area contributed by atoms with Gasteiger partial charge in [-0.1, -0.05) is 37.6 Å². The molecule has 2 amide bonds. The Morgan fingerprint density at radius 2 is 1.74 bits per heavy atom. The van der Waals surface area contributed by atoms with Crippen LogP contribution < -0.4 is 15.4 Å². The molecule has 1 heterocycles. The van der Waals surface area contributed by atoms with E-state index in [-0.39, 0.29) is 11.8 Å². The Balaban J connectivity index is 2.29. The minimum Gasteiger partial charge on any atom is -0.491 e. The Labute approximate surface area is 135 Å². The lowest BCUT2D eigenvalue weighted by atomic mass is 9.97. The van der Waals surface area contributed by atoms with E-state index in [2.05, 4.69) is 17.6 Å². The molecule has 0 bridgehead atoms. The van der Waals surface area contributed by atoms with Crippen LogP contribution in [0.1, 0.15) is 47.4 Å². The first-order chi connectivity index (χ1) is 11.2. The van der Waals surface area contributed by atoms with E-state index in [1.54, 1.807) is 0 Å². The van der Waals surface area contributed by atoms with Crippen LogP contribution in [0, 0.1) is 0 Å². The molecule has 0 unspecified atom stereocenters. The van der Waals surface area contributed by atoms with Gasteiger partial charge in [-0.15, -0.1) is 0 Å². The standard InChI is InChI=1S/C18H20N2O3/c1-3-5-10-19-15-14-13(17(21)20-18(14)22)11-8-6-7-9-12(11)16(15)23-4-2/h6-9,19H,3-5,10H2,1-2H3,(H,20,21,22). The molecule has 1 aliphatic rings. The van der Waals surface area contributed by atoms with Crippen LogP contribution in [0.25, 0.3) is 10.8 Å². The van der Waals surface area contributed by atoms with Gasteiger partial charge in [0.15, 0.2) is 5.75 Å². The molecule has 1 aliphatic heterocycles. The molecule has 0 atom stereocenters. The first-order valence-electron chi connectivity index (χ1n) is 8.00. The van der Waals surface area contributed by atoms with Crippen molar-refractivity contribution in [3.05, 3.63) is 35.4 Å². The zero-order chi connectivity index (χ0) is 16.4. The smallest absolute Gasteiger partial charge is 0.261 e. The molecule has 120 valence electrons. The van der Waals surface area contributed by atoms with Gasteiger partial charge in [0.25, 0.3) is 11.8 Å². The lowest BCUT2D eigenvalue weighted by Gasteiger charge is -2.18. The molecule has 0 aliphatic carbocycles. The molecule has 5 nitrogen and oxygen atoms in total. The van der Waals surface area contributed by atoms with Gasteiger partial charge in [0.2, 0.25) is 0 Å². The maximum atomic E-state index is 12.3. The van der Waals surface area contributed by atoms with Gasteiger partial charge in [-0.05, 0) is 18.7 Å². The highest BCUT2D eigenvalue weighted by atomic mass is 16.5. The van der Waals surface area contributed by atoms with Gasteiger partial charge in [0.1, 0.15) is 0 Å². The molecule has 0 fully saturated rings. The van der Waals surface area contributed by atoms with E-state index >= 15 is 0 Å². The number of rotatable bonds is 6. The summed E-state index contributed by atoms with van der Waals surface area (Å²) >= 11 is 0. The molecule has 2 aromatic carbocycles. The summed E-state index contributed by atoms with van der Waals surface area (Å²) in [6.07, 6.45) is 2.01. The minimum absolute atomic E-state index is 0.345. The van der Waals surface area contributed by atoms with E-state index < -0.39 is 0 Å². The number of anilines is 1. The maximum Gasteiger partial charge on any atom is 0.261 e. The van der Waals surface area contributed by atoms with Crippen molar-refractivity contribution in [2.45, 2.75) is 26.7 Å². The summed E-state index contributed by atoms with van der Waals surface area (Å²) in [6, 6.07) is 7.53. The number of benzene rings is 2. The van der Waals surface area contributed by atoms with Crippen LogP contribution in [-0.4, -0.2) is 25.0 Å². The second kappa shape index (κ2) is 6.28. The summed E-state index contributed by atoms with van der Waals surface area (Å²) in [6.45, 7) is 5.22. The Hall–Kier alpha value is -2.56. The van der Waals surface area contributed by atoms with E-state index in [1.807, 2.05) is 31.2 Å². The SMILES string of the molecule is CCCCNc1c2c(c3ccccc3c1OCC)C(=O)NC2=O. The van der Waals surface area contributed by atoms with Crippen molar-refractivity contribution >= 4 is 28.3 Å². The maximum absolute atomic E-state index is 12.3. The molecular formula is C18H20N2O3. The normalized spacial score (nSPS) is 13.1. The van der Waals surface area contributed by atoms with Crippen LogP contribution in [0.5, 0.6) is 5.75 Å². The average molecular weight is 312 g/mol. The van der Waals surface area contributed by atoms with Gasteiger partial charge in [-0.2, -0.15) is 0 Å². The van der Waals surface area contributed by atoms with Crippen LogP contribution >= 0.6 is 0 Å². The number of hydrogen-bond donors (Lipinski definition) is 2. The number of amides is 2. The molecule has 3 rings (SSSR count). The quantitative estimate of drug-likeness (QED) is 0.634. The third-order valence-corrected chi connectivity index (χ3v) is 3.97. The highest BCUT2D eigenvalue weighted by Crippen LogP contribution is 2.42. The lowest BCUT2D eigenvalue weighted by molar-refractivity contribution is 0.0880. The number of carbonyl (C=O) groups is 2. The predicted molar refractivity (Wildman–Crippen MR) is 90.3 cm³/mol. The first-order valence-corrected chi connectivity index (χ1v) is 8.00. The molecule has 0 aromatic heterocycles. The van der Waals surface area contributed by atoms with Crippen molar-refractivity contribution in [3.8, 4) is 5.75 Å². The minimum atomic E-state index is -0.365. The van der Waals surface area contributed by atoms with Crippen molar-refractivity contribution < 1.29 is 14.3 Å². The van der Waals surface area contributed by atoms with E-state index in [0.29, 0.717) is 29.2 Å². The monoisotopic (exact) mass is 312 g/mol. The van der Waals surface area contributed by atoms with Crippen molar-refractivity contribution in [1.29, 1.82) is 0 Å². The molecule has 0 saturated carbocycles. The van der Waals surface area contributed by atoms with E-state index in [9.17, 15) is 9.59 Å². The zero-order valence-corrected chi connectivity index (χ0v) is 13.4. The van der Waals surface area contributed by atoms with Crippen molar-refractivity contribution in [2.24, 2.45) is 0 Å². The van der Waals surface area contributed by atoms with E-state index in [4.69, 9.17) is 4.74 Å². The summed E-state index contributed by atoms with van der Waals surface area (Å²) in [5.74, 6) is -0.0682. The number of ether oxygens (including phenoxy) is 1. The van der Waals surface area contributed by atoms with Crippen molar-refractivity contribution in [2.75, 3.05) is 18.5 Å². The van der Waals surface area contributed by atoms with Crippen LogP contribution in [0.2, 0.25) is 0 Å². The fraction of sp³-hybridized carbons (Fsp3) is 0.333. The molecule has 23 heavy (non-hydrogen) atoms. The highest BCUT2D eigenvalue weighted by molar-refractivity contribution is 6.30. The van der Waals surface area contributed by atoms with Crippen molar-refractivity contribution in [3.63, 3.8) is 0 Å². The largest absolute Gasteiger partial charge is 0.491 e. The summed E-state index contributed by atoms with van der Waals surface area (Å²) in [5, 5.41) is 7.30. The van der Waals surface area contributed by atoms with Gasteiger partial charge < -0.3 is 10.1 Å². The average Bonchev–Trinajstić information content (AvgIpc) is 2.85. The number of hydrogen-bond acceptors (Lipinski definition) is 4. The topological polar surface area (TPSA) is 67.4 Å². The van der Waals surface area contributed by atoms with Crippen molar-refractivity contribution in [1.82, 2.24) is 5.32 Å². The Kier molecular flexibility index (Phi) is 4.19. The van der Waals surface area contributed by atoms with Gasteiger partial charge in [0.05, 0.1) is 23.4 Å². The summed E-state index contributed by atoms with van der Waals surface area (Å²) < 4.78 is 5.84. The van der Waals surface area contributed by atoms with Crippen LogP contribution in [0.3, 0.4) is 0 Å². The number of nitrogens with one attached hydrogen (secondary N) is 2. The zero-order valence-electron chi connectivity index (χ0n) is 13.4. The summed E-state index contributed by atoms with van der Waals surface area (Å²) in [4.78, 5) is 24.5. The molecule has 0 radical (unpaired) electrons. The van der Waals surface area contributed by atoms with Gasteiger partial charge >= 0.3 is 0 Å². The van der Waals surface area contributed by atoms with Gasteiger partial charge in [-0.25, -0.2) is 0 Å². The molecular weight excluding hydrogens is 292 g/mol. The molecule has 2 aromatic rings.